The third-order valence-corrected chi connectivity index (χ3v) is 3.44. The van der Waals surface area contributed by atoms with Crippen LogP contribution in [0.15, 0.2) is 48.5 Å². The number of hydrogen-bond donors (Lipinski definition) is 2. The fraction of sp³-hybridized carbons (Fsp3) is 0.263. The van der Waals surface area contributed by atoms with Gasteiger partial charge in [-0.05, 0) is 36.8 Å². The van der Waals surface area contributed by atoms with Gasteiger partial charge in [-0.2, -0.15) is 13.2 Å². The second-order valence-electron chi connectivity index (χ2n) is 5.60. The van der Waals surface area contributed by atoms with E-state index in [2.05, 4.69) is 5.32 Å². The maximum Gasteiger partial charge on any atom is 0.471 e. The molecule has 0 heterocycles. The zero-order chi connectivity index (χ0) is 20.6. The van der Waals surface area contributed by atoms with Gasteiger partial charge in [0.1, 0.15) is 0 Å². The van der Waals surface area contributed by atoms with Crippen LogP contribution in [0.3, 0.4) is 0 Å². The van der Waals surface area contributed by atoms with E-state index in [0.717, 1.165) is 0 Å². The Hall–Kier alpha value is -3.23. The standard InChI is InChI=1S/C19H19F3N2O4/c1-2-27-15-8-3-4-9-16(15)28-12-17(25)23-11-13-6-5-7-14(10-13)24-18(26)19(20,21)22/h3-10H,2,11-12H2,1H3,(H,23,25)(H,24,26). The summed E-state index contributed by atoms with van der Waals surface area (Å²) in [5, 5.41) is 4.35. The zero-order valence-corrected chi connectivity index (χ0v) is 15.0. The second-order valence-corrected chi connectivity index (χ2v) is 5.60. The third-order valence-electron chi connectivity index (χ3n) is 3.44. The van der Waals surface area contributed by atoms with E-state index in [1.165, 1.54) is 18.2 Å². The van der Waals surface area contributed by atoms with Crippen LogP contribution in [0, 0.1) is 0 Å². The smallest absolute Gasteiger partial charge is 0.471 e. The fourth-order valence-corrected chi connectivity index (χ4v) is 2.20. The van der Waals surface area contributed by atoms with Crippen LogP contribution in [0.25, 0.3) is 0 Å². The van der Waals surface area contributed by atoms with Crippen molar-refractivity contribution in [2.75, 3.05) is 18.5 Å². The van der Waals surface area contributed by atoms with E-state index in [-0.39, 0.29) is 18.8 Å². The van der Waals surface area contributed by atoms with Crippen LogP contribution in [0.2, 0.25) is 0 Å². The minimum Gasteiger partial charge on any atom is -0.490 e. The number of halogens is 3. The molecule has 0 atom stereocenters. The van der Waals surface area contributed by atoms with Crippen molar-refractivity contribution in [2.24, 2.45) is 0 Å². The number of rotatable bonds is 8. The number of hydrogen-bond acceptors (Lipinski definition) is 4. The van der Waals surface area contributed by atoms with Crippen LogP contribution >= 0.6 is 0 Å². The molecular formula is C19H19F3N2O4. The van der Waals surface area contributed by atoms with E-state index in [9.17, 15) is 22.8 Å². The van der Waals surface area contributed by atoms with Crippen molar-refractivity contribution in [1.29, 1.82) is 0 Å². The molecule has 0 aliphatic rings. The molecule has 0 saturated carbocycles. The molecule has 0 unspecified atom stereocenters. The molecule has 2 N–H and O–H groups in total. The van der Waals surface area contributed by atoms with Gasteiger partial charge >= 0.3 is 12.1 Å². The molecule has 6 nitrogen and oxygen atoms in total. The lowest BCUT2D eigenvalue weighted by atomic mass is 10.2. The first kappa shape index (κ1) is 21.1. The average molecular weight is 396 g/mol. The van der Waals surface area contributed by atoms with Crippen molar-refractivity contribution in [2.45, 2.75) is 19.6 Å². The van der Waals surface area contributed by atoms with Crippen molar-refractivity contribution in [3.63, 3.8) is 0 Å². The number of carbonyl (C=O) groups is 2. The highest BCUT2D eigenvalue weighted by molar-refractivity contribution is 5.94. The summed E-state index contributed by atoms with van der Waals surface area (Å²) in [5.41, 5.74) is 0.499. The normalized spacial score (nSPS) is 10.9. The second kappa shape index (κ2) is 9.63. The summed E-state index contributed by atoms with van der Waals surface area (Å²) in [7, 11) is 0. The fourth-order valence-electron chi connectivity index (χ4n) is 2.20. The number of benzene rings is 2. The molecule has 0 aromatic heterocycles. The topological polar surface area (TPSA) is 76.7 Å². The summed E-state index contributed by atoms with van der Waals surface area (Å²) in [5.74, 6) is -1.53. The van der Waals surface area contributed by atoms with E-state index in [4.69, 9.17) is 9.47 Å². The predicted octanol–water partition coefficient (Wildman–Crippen LogP) is 3.28. The number of carbonyl (C=O) groups excluding carboxylic acids is 2. The average Bonchev–Trinajstić information content (AvgIpc) is 2.65. The molecule has 0 bridgehead atoms. The molecule has 2 amide bonds. The molecule has 0 radical (unpaired) electrons. The molecule has 28 heavy (non-hydrogen) atoms. The van der Waals surface area contributed by atoms with E-state index in [1.807, 2.05) is 6.92 Å². The Kier molecular flexibility index (Phi) is 7.25. The molecule has 0 saturated heterocycles. The Morgan fingerprint density at radius 1 is 1.00 bits per heavy atom. The number of ether oxygens (including phenoxy) is 2. The van der Waals surface area contributed by atoms with Gasteiger partial charge in [-0.3, -0.25) is 9.59 Å². The number of alkyl halides is 3. The van der Waals surface area contributed by atoms with Crippen molar-refractivity contribution >= 4 is 17.5 Å². The molecule has 0 aliphatic heterocycles. The van der Waals surface area contributed by atoms with E-state index in [1.54, 1.807) is 35.6 Å². The lowest BCUT2D eigenvalue weighted by Crippen LogP contribution is -2.30. The summed E-state index contributed by atoms with van der Waals surface area (Å²) < 4.78 is 47.7. The van der Waals surface area contributed by atoms with Crippen molar-refractivity contribution in [3.05, 3.63) is 54.1 Å². The molecule has 150 valence electrons. The predicted molar refractivity (Wildman–Crippen MR) is 96.1 cm³/mol. The monoisotopic (exact) mass is 396 g/mol. The van der Waals surface area contributed by atoms with Crippen LogP contribution in [-0.2, 0) is 16.1 Å². The zero-order valence-electron chi connectivity index (χ0n) is 15.0. The molecular weight excluding hydrogens is 377 g/mol. The largest absolute Gasteiger partial charge is 0.490 e. The van der Waals surface area contributed by atoms with Crippen molar-refractivity contribution in [3.8, 4) is 11.5 Å². The van der Waals surface area contributed by atoms with E-state index in [0.29, 0.717) is 23.7 Å². The maximum absolute atomic E-state index is 12.3. The molecule has 2 rings (SSSR count). The van der Waals surface area contributed by atoms with Crippen LogP contribution in [-0.4, -0.2) is 31.2 Å². The van der Waals surface area contributed by atoms with Gasteiger partial charge in [0.2, 0.25) is 0 Å². The van der Waals surface area contributed by atoms with Crippen LogP contribution in [0.4, 0.5) is 18.9 Å². The summed E-state index contributed by atoms with van der Waals surface area (Å²) in [6, 6.07) is 12.7. The molecule has 0 spiro atoms. The first-order chi connectivity index (χ1) is 13.3. The first-order valence-electron chi connectivity index (χ1n) is 8.38. The summed E-state index contributed by atoms with van der Waals surface area (Å²) in [6.45, 7) is 2.09. The summed E-state index contributed by atoms with van der Waals surface area (Å²) >= 11 is 0. The van der Waals surface area contributed by atoms with Crippen LogP contribution in [0.1, 0.15) is 12.5 Å². The van der Waals surface area contributed by atoms with E-state index >= 15 is 0 Å². The number of anilines is 1. The minimum absolute atomic E-state index is 0.0176. The number of amides is 2. The van der Waals surface area contributed by atoms with Gasteiger partial charge in [-0.25, -0.2) is 0 Å². The van der Waals surface area contributed by atoms with Gasteiger partial charge in [-0.15, -0.1) is 0 Å². The SMILES string of the molecule is CCOc1ccccc1OCC(=O)NCc1cccc(NC(=O)C(F)(F)F)c1. The Morgan fingerprint density at radius 3 is 2.32 bits per heavy atom. The maximum atomic E-state index is 12.3. The lowest BCUT2D eigenvalue weighted by molar-refractivity contribution is -0.167. The van der Waals surface area contributed by atoms with Gasteiger partial charge in [0, 0.05) is 12.2 Å². The Bertz CT molecular complexity index is 825. The highest BCUT2D eigenvalue weighted by Crippen LogP contribution is 2.26. The molecule has 2 aromatic rings. The summed E-state index contributed by atoms with van der Waals surface area (Å²) in [6.07, 6.45) is -4.97. The number of para-hydroxylation sites is 2. The lowest BCUT2D eigenvalue weighted by Gasteiger charge is -2.12. The Morgan fingerprint density at radius 2 is 1.68 bits per heavy atom. The van der Waals surface area contributed by atoms with Crippen molar-refractivity contribution in [1.82, 2.24) is 5.32 Å². The minimum atomic E-state index is -4.97. The quantitative estimate of drug-likeness (QED) is 0.718. The van der Waals surface area contributed by atoms with Gasteiger partial charge < -0.3 is 20.1 Å². The molecule has 9 heteroatoms. The van der Waals surface area contributed by atoms with Crippen LogP contribution in [0.5, 0.6) is 11.5 Å². The van der Waals surface area contributed by atoms with Crippen molar-refractivity contribution < 1.29 is 32.2 Å². The van der Waals surface area contributed by atoms with Gasteiger partial charge in [0.05, 0.1) is 6.61 Å². The number of nitrogens with one attached hydrogen (secondary N) is 2. The third kappa shape index (κ3) is 6.49. The van der Waals surface area contributed by atoms with Crippen LogP contribution < -0.4 is 20.1 Å². The molecule has 0 fully saturated rings. The molecule has 2 aromatic carbocycles. The highest BCUT2D eigenvalue weighted by Gasteiger charge is 2.38. The summed E-state index contributed by atoms with van der Waals surface area (Å²) in [4.78, 5) is 22.9. The van der Waals surface area contributed by atoms with Gasteiger partial charge in [-0.1, -0.05) is 24.3 Å². The van der Waals surface area contributed by atoms with Gasteiger partial charge in [0.25, 0.3) is 5.91 Å². The Balaban J connectivity index is 1.86. The Labute approximate surface area is 159 Å². The molecule has 0 aliphatic carbocycles. The van der Waals surface area contributed by atoms with E-state index < -0.39 is 18.0 Å². The highest BCUT2D eigenvalue weighted by atomic mass is 19.4. The van der Waals surface area contributed by atoms with Gasteiger partial charge in [0.15, 0.2) is 18.1 Å². The first-order valence-corrected chi connectivity index (χ1v) is 8.38.